The van der Waals surface area contributed by atoms with Gasteiger partial charge in [0.15, 0.2) is 0 Å². The third kappa shape index (κ3) is 4.00. The molecule has 0 radical (unpaired) electrons. The van der Waals surface area contributed by atoms with E-state index in [0.717, 1.165) is 25.9 Å². The molecule has 1 atom stereocenters. The minimum Gasteiger partial charge on any atom is -0.396 e. The normalized spacial score (nSPS) is 18.6. The molecule has 1 heterocycles. The van der Waals surface area contributed by atoms with E-state index in [0.29, 0.717) is 12.3 Å². The number of aliphatic hydroxyl groups is 1. The number of amides is 2. The zero-order chi connectivity index (χ0) is 12.0. The number of hydrogen-bond donors (Lipinski definition) is 2. The van der Waals surface area contributed by atoms with Gasteiger partial charge in [-0.2, -0.15) is 0 Å². The van der Waals surface area contributed by atoms with Gasteiger partial charge in [-0.05, 0) is 31.6 Å². The molecule has 0 aliphatic carbocycles. The first-order chi connectivity index (χ1) is 7.65. The molecule has 4 heteroatoms. The second kappa shape index (κ2) is 6.74. The van der Waals surface area contributed by atoms with Gasteiger partial charge in [-0.3, -0.25) is 0 Å². The van der Waals surface area contributed by atoms with Gasteiger partial charge >= 0.3 is 6.03 Å². The lowest BCUT2D eigenvalue weighted by Crippen LogP contribution is -2.48. The lowest BCUT2D eigenvalue weighted by molar-refractivity contribution is 0.173. The van der Waals surface area contributed by atoms with Crippen molar-refractivity contribution in [2.75, 3.05) is 19.7 Å². The number of carbonyl (C=O) groups excluding carboxylic acids is 1. The smallest absolute Gasteiger partial charge is 0.317 e. The summed E-state index contributed by atoms with van der Waals surface area (Å²) in [6.07, 6.45) is 4.09. The van der Waals surface area contributed by atoms with E-state index in [1.165, 1.54) is 6.42 Å². The van der Waals surface area contributed by atoms with Crippen LogP contribution >= 0.6 is 0 Å². The number of carbonyl (C=O) groups is 1. The number of piperidine rings is 1. The number of nitrogens with one attached hydrogen (secondary N) is 1. The molecule has 2 N–H and O–H groups in total. The lowest BCUT2D eigenvalue weighted by Gasteiger charge is -2.30. The van der Waals surface area contributed by atoms with Crippen LogP contribution in [0.1, 0.15) is 39.5 Å². The van der Waals surface area contributed by atoms with Gasteiger partial charge in [-0.15, -0.1) is 0 Å². The van der Waals surface area contributed by atoms with Crippen molar-refractivity contribution >= 4 is 6.03 Å². The van der Waals surface area contributed by atoms with Crippen LogP contribution in [0.3, 0.4) is 0 Å². The van der Waals surface area contributed by atoms with E-state index in [1.54, 1.807) is 0 Å². The highest BCUT2D eigenvalue weighted by atomic mass is 16.3. The second-order valence-electron chi connectivity index (χ2n) is 4.86. The first-order valence-corrected chi connectivity index (χ1v) is 6.31. The van der Waals surface area contributed by atoms with Crippen LogP contribution in [0.4, 0.5) is 4.79 Å². The predicted octanol–water partition coefficient (Wildman–Crippen LogP) is 1.59. The van der Waals surface area contributed by atoms with Gasteiger partial charge in [0.05, 0.1) is 0 Å². The molecule has 0 bridgehead atoms. The van der Waals surface area contributed by atoms with Crippen molar-refractivity contribution < 1.29 is 9.90 Å². The fraction of sp³-hybridized carbons (Fsp3) is 0.917. The largest absolute Gasteiger partial charge is 0.396 e. The fourth-order valence-corrected chi connectivity index (χ4v) is 2.06. The van der Waals surface area contributed by atoms with Crippen LogP contribution in [0.15, 0.2) is 0 Å². The Bertz CT molecular complexity index is 213. The second-order valence-corrected chi connectivity index (χ2v) is 4.86. The molecule has 94 valence electrons. The molecular formula is C12H24N2O2. The lowest BCUT2D eigenvalue weighted by atomic mass is 10.0. The Hall–Kier alpha value is -0.770. The number of likely N-dealkylation sites (tertiary alicyclic amines) is 1. The van der Waals surface area contributed by atoms with Crippen LogP contribution in [-0.4, -0.2) is 41.8 Å². The van der Waals surface area contributed by atoms with Crippen LogP contribution in [-0.2, 0) is 0 Å². The van der Waals surface area contributed by atoms with Crippen molar-refractivity contribution in [2.24, 2.45) is 5.92 Å². The first-order valence-electron chi connectivity index (χ1n) is 6.31. The summed E-state index contributed by atoms with van der Waals surface area (Å²) >= 11 is 0. The third-order valence-electron chi connectivity index (χ3n) is 3.20. The quantitative estimate of drug-likeness (QED) is 0.767. The topological polar surface area (TPSA) is 52.6 Å². The van der Waals surface area contributed by atoms with Crippen LogP contribution in [0.5, 0.6) is 0 Å². The van der Waals surface area contributed by atoms with Gasteiger partial charge in [0.1, 0.15) is 0 Å². The van der Waals surface area contributed by atoms with E-state index in [-0.39, 0.29) is 18.7 Å². The minimum atomic E-state index is 0.0341. The van der Waals surface area contributed by atoms with Gasteiger partial charge in [0.25, 0.3) is 0 Å². The highest BCUT2D eigenvalue weighted by Gasteiger charge is 2.21. The maximum absolute atomic E-state index is 11.9. The molecule has 1 rings (SSSR count). The molecule has 1 aliphatic rings. The molecule has 1 fully saturated rings. The Balaban J connectivity index is 2.40. The van der Waals surface area contributed by atoms with Gasteiger partial charge in [0.2, 0.25) is 0 Å². The van der Waals surface area contributed by atoms with Crippen molar-refractivity contribution in [2.45, 2.75) is 45.6 Å². The average molecular weight is 228 g/mol. The molecule has 1 unspecified atom stereocenters. The molecule has 0 spiro atoms. The van der Waals surface area contributed by atoms with E-state index >= 15 is 0 Å². The first kappa shape index (κ1) is 13.3. The summed E-state index contributed by atoms with van der Waals surface area (Å²) in [5.74, 6) is 0.362. The molecule has 2 amide bonds. The van der Waals surface area contributed by atoms with E-state index in [1.807, 2.05) is 4.90 Å². The standard InChI is InChI=1S/C12H24N2O2/c1-10(2)11(6-9-15)13-12(16)14-7-4-3-5-8-14/h10-11,15H,3-9H2,1-2H3,(H,13,16). The molecular weight excluding hydrogens is 204 g/mol. The van der Waals surface area contributed by atoms with Crippen molar-refractivity contribution in [3.8, 4) is 0 Å². The van der Waals surface area contributed by atoms with E-state index in [9.17, 15) is 4.79 Å². The van der Waals surface area contributed by atoms with Gasteiger partial charge in [-0.1, -0.05) is 13.8 Å². The zero-order valence-electron chi connectivity index (χ0n) is 10.4. The summed E-state index contributed by atoms with van der Waals surface area (Å²) in [6, 6.07) is 0.117. The number of hydrogen-bond acceptors (Lipinski definition) is 2. The van der Waals surface area contributed by atoms with Crippen LogP contribution < -0.4 is 5.32 Å². The summed E-state index contributed by atoms with van der Waals surface area (Å²) in [6.45, 7) is 6.00. The molecule has 16 heavy (non-hydrogen) atoms. The van der Waals surface area contributed by atoms with Gasteiger partial charge in [0, 0.05) is 25.7 Å². The van der Waals surface area contributed by atoms with E-state index in [4.69, 9.17) is 5.11 Å². The summed E-state index contributed by atoms with van der Waals surface area (Å²) in [4.78, 5) is 13.8. The molecule has 0 aromatic heterocycles. The summed E-state index contributed by atoms with van der Waals surface area (Å²) in [7, 11) is 0. The van der Waals surface area contributed by atoms with Crippen LogP contribution in [0, 0.1) is 5.92 Å². The maximum Gasteiger partial charge on any atom is 0.317 e. The molecule has 0 aromatic rings. The predicted molar refractivity (Wildman–Crippen MR) is 64.3 cm³/mol. The number of urea groups is 1. The highest BCUT2D eigenvalue weighted by Crippen LogP contribution is 2.11. The summed E-state index contributed by atoms with van der Waals surface area (Å²) in [5, 5.41) is 12.0. The number of nitrogens with zero attached hydrogens (tertiary/aromatic N) is 1. The zero-order valence-corrected chi connectivity index (χ0v) is 10.4. The Morgan fingerprint density at radius 1 is 1.31 bits per heavy atom. The Morgan fingerprint density at radius 2 is 1.94 bits per heavy atom. The third-order valence-corrected chi connectivity index (χ3v) is 3.20. The number of aliphatic hydroxyl groups excluding tert-OH is 1. The SMILES string of the molecule is CC(C)C(CCO)NC(=O)N1CCCCC1. The van der Waals surface area contributed by atoms with Gasteiger partial charge in [-0.25, -0.2) is 4.79 Å². The maximum atomic E-state index is 11.9. The van der Waals surface area contributed by atoms with E-state index in [2.05, 4.69) is 19.2 Å². The number of rotatable bonds is 4. The molecule has 1 saturated heterocycles. The summed E-state index contributed by atoms with van der Waals surface area (Å²) < 4.78 is 0. The Kier molecular flexibility index (Phi) is 5.60. The average Bonchev–Trinajstić information content (AvgIpc) is 2.29. The molecule has 0 saturated carbocycles. The van der Waals surface area contributed by atoms with Crippen molar-refractivity contribution in [1.29, 1.82) is 0 Å². The monoisotopic (exact) mass is 228 g/mol. The van der Waals surface area contributed by atoms with Crippen molar-refractivity contribution in [3.05, 3.63) is 0 Å². The Morgan fingerprint density at radius 3 is 2.44 bits per heavy atom. The van der Waals surface area contributed by atoms with Crippen LogP contribution in [0.25, 0.3) is 0 Å². The fourth-order valence-electron chi connectivity index (χ4n) is 2.06. The van der Waals surface area contributed by atoms with Crippen molar-refractivity contribution in [1.82, 2.24) is 10.2 Å². The molecule has 0 aromatic carbocycles. The highest BCUT2D eigenvalue weighted by molar-refractivity contribution is 5.74. The minimum absolute atomic E-state index is 0.0341. The van der Waals surface area contributed by atoms with E-state index < -0.39 is 0 Å². The molecule has 1 aliphatic heterocycles. The summed E-state index contributed by atoms with van der Waals surface area (Å²) in [5.41, 5.74) is 0. The molecule has 4 nitrogen and oxygen atoms in total. The van der Waals surface area contributed by atoms with Crippen LogP contribution in [0.2, 0.25) is 0 Å². The van der Waals surface area contributed by atoms with Crippen molar-refractivity contribution in [3.63, 3.8) is 0 Å². The Labute approximate surface area is 98.0 Å². The van der Waals surface area contributed by atoms with Gasteiger partial charge < -0.3 is 15.3 Å².